The van der Waals surface area contributed by atoms with Crippen LogP contribution in [0.4, 0.5) is 0 Å². The number of fused-ring (bicyclic) bond motifs is 3. The zero-order chi connectivity index (χ0) is 39.3. The molecule has 0 atom stereocenters. The van der Waals surface area contributed by atoms with E-state index in [2.05, 4.69) is 128 Å². The van der Waals surface area contributed by atoms with Crippen LogP contribution in [0.15, 0.2) is 168 Å². The van der Waals surface area contributed by atoms with Gasteiger partial charge in [0, 0.05) is 41.2 Å². The standard InChI is InChI=1S/C28H19N3O.C15H15N.C8H10/c1-31-17-20-9-6-12-26-27(20)25-14-21(22-10-4-2-7-18(22)15-29)13-24(28(25)32-26)23-11-5-3-8-19(23)16-30;1-12(16-2)13-8-10-15(11-9-13)14-6-4-3-5-7-14;1-2-8-6-4-3-5-7-8/h2-5,7-11,13-14H,1,6,12,17H2;3-11,16H,1H2,2H3;3-7H,2H2,1H3. The highest BCUT2D eigenvalue weighted by atomic mass is 16.3. The zero-order valence-corrected chi connectivity index (χ0v) is 31.9. The molecular weight excluding hydrogens is 685 g/mol. The van der Waals surface area contributed by atoms with Crippen LogP contribution in [0.2, 0.25) is 0 Å². The van der Waals surface area contributed by atoms with Crippen molar-refractivity contribution < 1.29 is 4.42 Å². The Hall–Kier alpha value is -7.21. The molecule has 0 saturated heterocycles. The van der Waals surface area contributed by atoms with Crippen molar-refractivity contribution in [2.45, 2.75) is 26.2 Å². The Labute approximate surface area is 330 Å². The normalized spacial score (nSPS) is 11.2. The number of nitriles is 2. The van der Waals surface area contributed by atoms with Crippen molar-refractivity contribution in [2.24, 2.45) is 4.99 Å². The molecule has 0 unspecified atom stereocenters. The Balaban J connectivity index is 0.000000182. The molecule has 5 heteroatoms. The molecule has 0 bridgehead atoms. The van der Waals surface area contributed by atoms with Crippen LogP contribution in [-0.4, -0.2) is 20.3 Å². The number of hydrogen-bond donors (Lipinski definition) is 1. The quantitative estimate of drug-likeness (QED) is 0.158. The molecule has 6 aromatic carbocycles. The first kappa shape index (κ1) is 38.5. The fraction of sp³-hybridized carbons (Fsp3) is 0.118. The largest absolute Gasteiger partial charge is 0.460 e. The van der Waals surface area contributed by atoms with Crippen LogP contribution in [0.25, 0.3) is 55.6 Å². The molecule has 8 rings (SSSR count). The summed E-state index contributed by atoms with van der Waals surface area (Å²) in [7, 11) is 1.88. The van der Waals surface area contributed by atoms with Gasteiger partial charge in [-0.3, -0.25) is 4.99 Å². The van der Waals surface area contributed by atoms with Crippen LogP contribution in [0.3, 0.4) is 0 Å². The molecular formula is C51H44N4O. The second kappa shape index (κ2) is 18.7. The van der Waals surface area contributed by atoms with Crippen LogP contribution in [0.5, 0.6) is 0 Å². The molecule has 56 heavy (non-hydrogen) atoms. The van der Waals surface area contributed by atoms with Gasteiger partial charge in [0.1, 0.15) is 11.3 Å². The molecule has 1 aromatic heterocycles. The Morgan fingerprint density at radius 3 is 1.91 bits per heavy atom. The molecule has 7 aromatic rings. The highest BCUT2D eigenvalue weighted by Crippen LogP contribution is 2.43. The maximum atomic E-state index is 9.74. The zero-order valence-electron chi connectivity index (χ0n) is 31.9. The minimum atomic E-state index is 0.519. The topological polar surface area (TPSA) is 85.1 Å². The third kappa shape index (κ3) is 8.77. The number of aryl methyl sites for hydroxylation is 2. The van der Waals surface area contributed by atoms with Crippen LogP contribution in [0, 0.1) is 22.7 Å². The molecule has 0 fully saturated rings. The summed E-state index contributed by atoms with van der Waals surface area (Å²) in [6, 6.07) is 53.0. The summed E-state index contributed by atoms with van der Waals surface area (Å²) in [4.78, 5) is 4.11. The average Bonchev–Trinajstić information content (AvgIpc) is 3.66. The lowest BCUT2D eigenvalue weighted by Gasteiger charge is -2.12. The van der Waals surface area contributed by atoms with Crippen molar-refractivity contribution in [1.82, 2.24) is 5.32 Å². The number of rotatable bonds is 8. The second-order valence-electron chi connectivity index (χ2n) is 13.3. The molecule has 0 spiro atoms. The van der Waals surface area contributed by atoms with E-state index in [1.165, 1.54) is 16.7 Å². The molecule has 274 valence electrons. The monoisotopic (exact) mass is 728 g/mol. The number of hydrogen-bond acceptors (Lipinski definition) is 5. The van der Waals surface area contributed by atoms with E-state index in [1.54, 1.807) is 0 Å². The lowest BCUT2D eigenvalue weighted by molar-refractivity contribution is 0.546. The van der Waals surface area contributed by atoms with Crippen molar-refractivity contribution in [2.75, 3.05) is 13.6 Å². The summed E-state index contributed by atoms with van der Waals surface area (Å²) in [5, 5.41) is 23.4. The number of aliphatic imine (C=N–C) groups is 1. The van der Waals surface area contributed by atoms with Crippen LogP contribution >= 0.6 is 0 Å². The van der Waals surface area contributed by atoms with Crippen LogP contribution < -0.4 is 5.32 Å². The smallest absolute Gasteiger partial charge is 0.142 e. The van der Waals surface area contributed by atoms with E-state index in [4.69, 9.17) is 4.42 Å². The maximum Gasteiger partial charge on any atom is 0.142 e. The van der Waals surface area contributed by atoms with Gasteiger partial charge in [-0.15, -0.1) is 0 Å². The number of benzene rings is 6. The first-order chi connectivity index (χ1) is 27.5. The van der Waals surface area contributed by atoms with Crippen molar-refractivity contribution in [3.05, 3.63) is 192 Å². The van der Waals surface area contributed by atoms with Gasteiger partial charge in [-0.2, -0.15) is 10.5 Å². The third-order valence-electron chi connectivity index (χ3n) is 9.82. The summed E-state index contributed by atoms with van der Waals surface area (Å²) >= 11 is 0. The van der Waals surface area contributed by atoms with Gasteiger partial charge in [-0.05, 0) is 82.8 Å². The van der Waals surface area contributed by atoms with Gasteiger partial charge < -0.3 is 9.73 Å². The molecule has 0 radical (unpaired) electrons. The Morgan fingerprint density at radius 2 is 1.30 bits per heavy atom. The Bertz CT molecular complexity index is 2570. The molecule has 1 heterocycles. The molecule has 0 amide bonds. The summed E-state index contributed by atoms with van der Waals surface area (Å²) in [5.74, 6) is 0.933. The predicted octanol–water partition coefficient (Wildman–Crippen LogP) is 12.3. The van der Waals surface area contributed by atoms with Gasteiger partial charge in [-0.25, -0.2) is 0 Å². The van der Waals surface area contributed by atoms with E-state index < -0.39 is 0 Å². The van der Waals surface area contributed by atoms with Crippen molar-refractivity contribution in [1.29, 1.82) is 10.5 Å². The highest BCUT2D eigenvalue weighted by Gasteiger charge is 2.24. The van der Waals surface area contributed by atoms with Gasteiger partial charge in [0.25, 0.3) is 0 Å². The lowest BCUT2D eigenvalue weighted by atomic mass is 9.89. The fourth-order valence-electron chi connectivity index (χ4n) is 6.88. The van der Waals surface area contributed by atoms with Gasteiger partial charge in [-0.1, -0.05) is 141 Å². The Morgan fingerprint density at radius 1 is 0.714 bits per heavy atom. The van der Waals surface area contributed by atoms with Crippen LogP contribution in [-0.2, 0) is 12.8 Å². The number of nitrogens with zero attached hydrogens (tertiary/aromatic N) is 3. The third-order valence-corrected chi connectivity index (χ3v) is 9.82. The van der Waals surface area contributed by atoms with E-state index in [9.17, 15) is 10.5 Å². The average molecular weight is 729 g/mol. The van der Waals surface area contributed by atoms with E-state index in [0.29, 0.717) is 17.7 Å². The minimum absolute atomic E-state index is 0.519. The number of nitrogens with one attached hydrogen (secondary N) is 1. The van der Waals surface area contributed by atoms with Crippen molar-refractivity contribution in [3.8, 4) is 45.5 Å². The number of allylic oxidation sites excluding steroid dienone is 1. The van der Waals surface area contributed by atoms with E-state index in [1.807, 2.05) is 73.8 Å². The van der Waals surface area contributed by atoms with E-state index in [-0.39, 0.29) is 0 Å². The molecule has 1 aliphatic carbocycles. The van der Waals surface area contributed by atoms with E-state index in [0.717, 1.165) is 80.6 Å². The van der Waals surface area contributed by atoms with Gasteiger partial charge >= 0.3 is 0 Å². The second-order valence-corrected chi connectivity index (χ2v) is 13.3. The summed E-state index contributed by atoms with van der Waals surface area (Å²) in [5.41, 5.74) is 13.5. The van der Waals surface area contributed by atoms with Gasteiger partial charge in [0.15, 0.2) is 0 Å². The minimum Gasteiger partial charge on any atom is -0.460 e. The van der Waals surface area contributed by atoms with Gasteiger partial charge in [0.2, 0.25) is 0 Å². The van der Waals surface area contributed by atoms with Crippen molar-refractivity contribution >= 4 is 29.0 Å². The first-order valence-electron chi connectivity index (χ1n) is 18.8. The molecule has 1 N–H and O–H groups in total. The predicted molar refractivity (Wildman–Crippen MR) is 233 cm³/mol. The highest BCUT2D eigenvalue weighted by molar-refractivity contribution is 6.04. The molecule has 0 aliphatic heterocycles. The Kier molecular flexibility index (Phi) is 12.9. The van der Waals surface area contributed by atoms with E-state index >= 15 is 0 Å². The SMILES string of the molecule is C=C(NC)c1ccc(-c2ccccc2)cc1.C=NCC1=CCCc2oc3c(-c4ccccc4C#N)cc(-c4ccccc4C#N)cc3c21.CCc1ccccc1. The molecule has 0 saturated carbocycles. The lowest BCUT2D eigenvalue weighted by Crippen LogP contribution is -2.02. The van der Waals surface area contributed by atoms with Crippen LogP contribution in [0.1, 0.15) is 46.9 Å². The summed E-state index contributed by atoms with van der Waals surface area (Å²) in [6.45, 7) is 10.3. The fourth-order valence-corrected chi connectivity index (χ4v) is 6.88. The first-order valence-corrected chi connectivity index (χ1v) is 18.8. The maximum absolute atomic E-state index is 9.74. The molecule has 5 nitrogen and oxygen atoms in total. The van der Waals surface area contributed by atoms with Crippen molar-refractivity contribution in [3.63, 3.8) is 0 Å². The van der Waals surface area contributed by atoms with Gasteiger partial charge in [0.05, 0.1) is 29.8 Å². The summed E-state index contributed by atoms with van der Waals surface area (Å²) in [6.07, 6.45) is 5.05. The molecule has 1 aliphatic rings. The summed E-state index contributed by atoms with van der Waals surface area (Å²) < 4.78 is 6.42. The number of furan rings is 1.